The summed E-state index contributed by atoms with van der Waals surface area (Å²) in [7, 11) is 0. The van der Waals surface area contributed by atoms with Gasteiger partial charge in [0.25, 0.3) is 5.69 Å². The third kappa shape index (κ3) is 4.69. The van der Waals surface area contributed by atoms with Crippen LogP contribution in [0.2, 0.25) is 0 Å². The fraction of sp³-hybridized carbons (Fsp3) is 0.647. The summed E-state index contributed by atoms with van der Waals surface area (Å²) < 4.78 is 21.3. The highest BCUT2D eigenvalue weighted by molar-refractivity contribution is 5.36. The minimum absolute atomic E-state index is 0.108. The maximum Gasteiger partial charge on any atom is 0.269 e. The molecule has 1 aromatic rings. The predicted molar refractivity (Wildman–Crippen MR) is 94.1 cm³/mol. The van der Waals surface area contributed by atoms with E-state index in [1.54, 1.807) is 0 Å². The summed E-state index contributed by atoms with van der Waals surface area (Å²) in [4.78, 5) is 10.1. The van der Waals surface area contributed by atoms with Gasteiger partial charge in [-0.3, -0.25) is 10.1 Å². The van der Waals surface area contributed by atoms with E-state index in [2.05, 4.69) is 0 Å². The number of non-ortho nitro benzene ring substituents is 1. The first-order valence-corrected chi connectivity index (χ1v) is 9.07. The average molecular weight is 433 g/mol. The van der Waals surface area contributed by atoms with Crippen molar-refractivity contribution in [2.24, 2.45) is 0 Å². The highest BCUT2D eigenvalue weighted by Gasteiger charge is 2.47. The first kappa shape index (κ1) is 22.7. The van der Waals surface area contributed by atoms with E-state index in [0.717, 1.165) is 0 Å². The van der Waals surface area contributed by atoms with E-state index in [0.29, 0.717) is 0 Å². The Morgan fingerprint density at radius 1 is 0.867 bits per heavy atom. The molecule has 9 atom stereocenters. The van der Waals surface area contributed by atoms with Gasteiger partial charge in [0.15, 0.2) is 6.29 Å². The molecule has 0 bridgehead atoms. The minimum atomic E-state index is -1.67. The third-order valence-corrected chi connectivity index (χ3v) is 4.89. The highest BCUT2D eigenvalue weighted by Crippen LogP contribution is 2.27. The first-order valence-electron chi connectivity index (χ1n) is 9.07. The molecule has 0 saturated carbocycles. The molecule has 2 heterocycles. The van der Waals surface area contributed by atoms with Crippen LogP contribution in [0.1, 0.15) is 0 Å². The van der Waals surface area contributed by atoms with Crippen molar-refractivity contribution in [1.82, 2.24) is 0 Å². The van der Waals surface area contributed by atoms with Crippen LogP contribution in [0.3, 0.4) is 0 Å². The number of rotatable bonds is 7. The lowest BCUT2D eigenvalue weighted by atomic mass is 9.99. The second kappa shape index (κ2) is 9.47. The van der Waals surface area contributed by atoms with E-state index in [4.69, 9.17) is 24.1 Å². The lowest BCUT2D eigenvalue weighted by Gasteiger charge is -2.40. The number of nitro benzene ring substituents is 1. The maximum atomic E-state index is 10.7. The Kier molecular flexibility index (Phi) is 7.18. The molecule has 3 rings (SSSR count). The summed E-state index contributed by atoms with van der Waals surface area (Å²) in [5.74, 6) is 0.108. The van der Waals surface area contributed by atoms with Crippen LogP contribution in [0.4, 0.5) is 5.69 Å². The van der Waals surface area contributed by atoms with E-state index in [9.17, 15) is 35.6 Å². The number of hydrogen-bond donors (Lipinski definition) is 6. The first-order chi connectivity index (χ1) is 14.2. The van der Waals surface area contributed by atoms with Crippen molar-refractivity contribution >= 4 is 5.69 Å². The van der Waals surface area contributed by atoms with Crippen LogP contribution in [0.15, 0.2) is 24.3 Å². The Labute approximate surface area is 169 Å². The fourth-order valence-electron chi connectivity index (χ4n) is 3.12. The van der Waals surface area contributed by atoms with Crippen molar-refractivity contribution in [3.8, 4) is 5.75 Å². The van der Waals surface area contributed by atoms with Crippen molar-refractivity contribution in [1.29, 1.82) is 0 Å². The van der Waals surface area contributed by atoms with Gasteiger partial charge in [-0.05, 0) is 12.1 Å². The van der Waals surface area contributed by atoms with Gasteiger partial charge in [-0.2, -0.15) is 0 Å². The van der Waals surface area contributed by atoms with Crippen molar-refractivity contribution in [3.05, 3.63) is 34.4 Å². The minimum Gasteiger partial charge on any atom is -0.462 e. The zero-order valence-corrected chi connectivity index (χ0v) is 15.5. The quantitative estimate of drug-likeness (QED) is 0.191. The molecule has 13 heteroatoms. The predicted octanol–water partition coefficient (Wildman–Crippen LogP) is -2.76. The van der Waals surface area contributed by atoms with Gasteiger partial charge in [0.05, 0.1) is 18.1 Å². The van der Waals surface area contributed by atoms with Gasteiger partial charge in [0, 0.05) is 12.1 Å². The summed E-state index contributed by atoms with van der Waals surface area (Å²) in [6.07, 6.45) is -12.7. The molecule has 0 unspecified atom stereocenters. The zero-order chi connectivity index (χ0) is 22.0. The van der Waals surface area contributed by atoms with Gasteiger partial charge in [-0.25, -0.2) is 0 Å². The molecule has 30 heavy (non-hydrogen) atoms. The molecule has 6 N–H and O–H groups in total. The Bertz CT molecular complexity index is 717. The zero-order valence-electron chi connectivity index (χ0n) is 15.5. The van der Waals surface area contributed by atoms with Crippen molar-refractivity contribution < 1.29 is 54.5 Å². The van der Waals surface area contributed by atoms with Crippen LogP contribution >= 0.6 is 0 Å². The molecule has 0 aromatic heterocycles. The number of aliphatic hydroxyl groups excluding tert-OH is 6. The number of nitro groups is 1. The molecule has 0 radical (unpaired) electrons. The smallest absolute Gasteiger partial charge is 0.269 e. The topological polar surface area (TPSA) is 201 Å². The summed E-state index contributed by atoms with van der Waals surface area (Å²) >= 11 is 0. The van der Waals surface area contributed by atoms with E-state index < -0.39 is 73.4 Å². The molecular formula is C17H23NO12. The van der Waals surface area contributed by atoms with Gasteiger partial charge < -0.3 is 49.6 Å². The molecule has 168 valence electrons. The van der Waals surface area contributed by atoms with Crippen LogP contribution in [0.5, 0.6) is 5.75 Å². The third-order valence-electron chi connectivity index (χ3n) is 4.89. The van der Waals surface area contributed by atoms with Crippen LogP contribution in [0.25, 0.3) is 0 Å². The second-order valence-corrected chi connectivity index (χ2v) is 6.92. The normalized spacial score (nSPS) is 39.1. The van der Waals surface area contributed by atoms with Gasteiger partial charge in [-0.15, -0.1) is 0 Å². The summed E-state index contributed by atoms with van der Waals surface area (Å²) in [6, 6.07) is 4.91. The standard InChI is InChI=1S/C17H23NO12/c19-5-9-11(20)14(23)16(29-9)27-6-10-12(21)13(22)15(24)17(30-10)28-8-3-1-7(2-4-8)18(25)26/h1-4,9-17,19-24H,5-6H2/t9-,10-,11-,12-,13+,14+,15-,16-,17+/m1/s1. The SMILES string of the molecule is O=[N+]([O-])c1ccc(O[C@H]2O[C@H](CO[C@@H]3O[C@H](CO)[C@@H](O)[C@@H]3O)[C@@H](O)[C@H](O)[C@H]2O)cc1. The highest BCUT2D eigenvalue weighted by atomic mass is 16.7. The van der Waals surface area contributed by atoms with E-state index in [1.165, 1.54) is 24.3 Å². The molecular weight excluding hydrogens is 410 g/mol. The molecule has 0 spiro atoms. The fourth-order valence-corrected chi connectivity index (χ4v) is 3.12. The molecule has 2 fully saturated rings. The van der Waals surface area contributed by atoms with Gasteiger partial charge >= 0.3 is 0 Å². The Balaban J connectivity index is 1.62. The molecule has 1 aromatic carbocycles. The molecule has 0 amide bonds. The van der Waals surface area contributed by atoms with E-state index >= 15 is 0 Å². The molecule has 13 nitrogen and oxygen atoms in total. The molecule has 2 aliphatic rings. The number of benzene rings is 1. The van der Waals surface area contributed by atoms with Crippen LogP contribution in [0, 0.1) is 10.1 Å². The lowest BCUT2D eigenvalue weighted by Crippen LogP contribution is -2.60. The number of hydrogen-bond acceptors (Lipinski definition) is 12. The molecule has 0 aliphatic carbocycles. The number of nitrogens with zero attached hydrogens (tertiary/aromatic N) is 1. The number of aliphatic hydroxyl groups is 6. The summed E-state index contributed by atoms with van der Waals surface area (Å²) in [6.45, 7) is -0.964. The largest absolute Gasteiger partial charge is 0.462 e. The lowest BCUT2D eigenvalue weighted by molar-refractivity contribution is -0.384. The van der Waals surface area contributed by atoms with Crippen molar-refractivity contribution in [2.75, 3.05) is 13.2 Å². The van der Waals surface area contributed by atoms with Gasteiger partial charge in [0.1, 0.15) is 48.5 Å². The van der Waals surface area contributed by atoms with Crippen LogP contribution in [-0.4, -0.2) is 104 Å². The summed E-state index contributed by atoms with van der Waals surface area (Å²) in [5.41, 5.74) is -0.173. The Morgan fingerprint density at radius 2 is 1.43 bits per heavy atom. The summed E-state index contributed by atoms with van der Waals surface area (Å²) in [5, 5.41) is 69.7. The maximum absolute atomic E-state index is 10.7. The van der Waals surface area contributed by atoms with Crippen molar-refractivity contribution in [2.45, 2.75) is 55.3 Å². The Hall–Kier alpha value is -1.94. The van der Waals surface area contributed by atoms with Crippen LogP contribution < -0.4 is 4.74 Å². The van der Waals surface area contributed by atoms with Crippen molar-refractivity contribution in [3.63, 3.8) is 0 Å². The van der Waals surface area contributed by atoms with Crippen LogP contribution in [-0.2, 0) is 14.2 Å². The number of ether oxygens (including phenoxy) is 4. The molecule has 2 saturated heterocycles. The second-order valence-electron chi connectivity index (χ2n) is 6.92. The Morgan fingerprint density at radius 3 is 2.00 bits per heavy atom. The van der Waals surface area contributed by atoms with E-state index in [1.807, 2.05) is 0 Å². The molecule has 2 aliphatic heterocycles. The monoisotopic (exact) mass is 433 g/mol. The van der Waals surface area contributed by atoms with Gasteiger partial charge in [0.2, 0.25) is 6.29 Å². The average Bonchev–Trinajstić information content (AvgIpc) is 3.01. The van der Waals surface area contributed by atoms with Gasteiger partial charge in [-0.1, -0.05) is 0 Å². The van der Waals surface area contributed by atoms with E-state index in [-0.39, 0.29) is 11.4 Å².